The molecular formula is C18H18Cl2N2O2. The van der Waals surface area contributed by atoms with Crippen LogP contribution in [-0.2, 0) is 9.59 Å². The molecule has 0 unspecified atom stereocenters. The van der Waals surface area contributed by atoms with E-state index in [-0.39, 0.29) is 0 Å². The van der Waals surface area contributed by atoms with Crippen molar-refractivity contribution in [2.75, 3.05) is 10.6 Å². The van der Waals surface area contributed by atoms with Gasteiger partial charge in [-0.15, -0.1) is 0 Å². The fourth-order valence-electron chi connectivity index (χ4n) is 2.00. The quantitative estimate of drug-likeness (QED) is 0.757. The molecule has 0 aliphatic rings. The van der Waals surface area contributed by atoms with Crippen molar-refractivity contribution in [3.8, 4) is 0 Å². The maximum Gasteiger partial charge on any atom is 0.239 e. The second-order valence-electron chi connectivity index (χ2n) is 6.00. The van der Waals surface area contributed by atoms with E-state index in [1.165, 1.54) is 13.8 Å². The molecule has 2 rings (SSSR count). The summed E-state index contributed by atoms with van der Waals surface area (Å²) in [5, 5.41) is 6.01. The van der Waals surface area contributed by atoms with Crippen LogP contribution in [0, 0.1) is 12.3 Å². The van der Waals surface area contributed by atoms with E-state index in [1.807, 2.05) is 25.1 Å². The number of aryl methyl sites for hydroxylation is 1. The lowest BCUT2D eigenvalue weighted by molar-refractivity contribution is -0.135. The van der Waals surface area contributed by atoms with Gasteiger partial charge in [-0.2, -0.15) is 0 Å². The molecule has 126 valence electrons. The number of rotatable bonds is 4. The van der Waals surface area contributed by atoms with Crippen LogP contribution in [0.4, 0.5) is 11.4 Å². The highest BCUT2D eigenvalue weighted by molar-refractivity contribution is 6.40. The molecule has 6 heteroatoms. The Bertz CT molecular complexity index is 768. The van der Waals surface area contributed by atoms with Crippen LogP contribution in [0.1, 0.15) is 19.4 Å². The van der Waals surface area contributed by atoms with E-state index in [4.69, 9.17) is 23.2 Å². The first-order valence-electron chi connectivity index (χ1n) is 7.35. The van der Waals surface area contributed by atoms with E-state index < -0.39 is 17.2 Å². The van der Waals surface area contributed by atoms with Gasteiger partial charge in [0.2, 0.25) is 11.8 Å². The first kappa shape index (κ1) is 18.3. The fraction of sp³-hybridized carbons (Fsp3) is 0.222. The molecule has 2 aromatic carbocycles. The van der Waals surface area contributed by atoms with Gasteiger partial charge >= 0.3 is 0 Å². The molecular weight excluding hydrogens is 347 g/mol. The van der Waals surface area contributed by atoms with Crippen LogP contribution in [0.2, 0.25) is 10.0 Å². The number of hydrogen-bond acceptors (Lipinski definition) is 2. The second-order valence-corrected chi connectivity index (χ2v) is 6.81. The summed E-state index contributed by atoms with van der Waals surface area (Å²) in [5.41, 5.74) is 0.628. The van der Waals surface area contributed by atoms with Gasteiger partial charge in [0.05, 0.1) is 15.7 Å². The van der Waals surface area contributed by atoms with Gasteiger partial charge in [0, 0.05) is 5.69 Å². The summed E-state index contributed by atoms with van der Waals surface area (Å²) in [6.07, 6.45) is 0. The van der Waals surface area contributed by atoms with Crippen molar-refractivity contribution in [1.82, 2.24) is 0 Å². The number of anilines is 2. The fourth-order valence-corrected chi connectivity index (χ4v) is 2.49. The van der Waals surface area contributed by atoms with Crippen molar-refractivity contribution in [3.63, 3.8) is 0 Å². The summed E-state index contributed by atoms with van der Waals surface area (Å²) in [4.78, 5) is 25.1. The van der Waals surface area contributed by atoms with Gasteiger partial charge in [0.15, 0.2) is 0 Å². The highest BCUT2D eigenvalue weighted by atomic mass is 35.5. The Morgan fingerprint density at radius 3 is 2.04 bits per heavy atom. The molecule has 0 saturated heterocycles. The summed E-state index contributed by atoms with van der Waals surface area (Å²) >= 11 is 12.1. The zero-order valence-corrected chi connectivity index (χ0v) is 15.1. The predicted molar refractivity (Wildman–Crippen MR) is 98.7 cm³/mol. The lowest BCUT2D eigenvalue weighted by atomic mass is 9.90. The van der Waals surface area contributed by atoms with Crippen LogP contribution in [-0.4, -0.2) is 11.8 Å². The molecule has 24 heavy (non-hydrogen) atoms. The second kappa shape index (κ2) is 7.24. The minimum atomic E-state index is -1.31. The third-order valence-electron chi connectivity index (χ3n) is 3.61. The smallest absolute Gasteiger partial charge is 0.239 e. The molecule has 0 aliphatic heterocycles. The van der Waals surface area contributed by atoms with Crippen LogP contribution < -0.4 is 10.6 Å². The molecule has 0 heterocycles. The zero-order chi connectivity index (χ0) is 17.9. The Morgan fingerprint density at radius 2 is 1.46 bits per heavy atom. The van der Waals surface area contributed by atoms with Gasteiger partial charge in [0.1, 0.15) is 5.41 Å². The van der Waals surface area contributed by atoms with E-state index in [1.54, 1.807) is 24.3 Å². The standard InChI is InChI=1S/C18H18Cl2N2O2/c1-11-6-4-7-12(10-11)21-16(23)18(2,3)17(24)22-15-13(19)8-5-9-14(15)20/h4-10H,1-3H3,(H,21,23)(H,22,24). The topological polar surface area (TPSA) is 58.2 Å². The van der Waals surface area contributed by atoms with Gasteiger partial charge in [-0.25, -0.2) is 0 Å². The van der Waals surface area contributed by atoms with Crippen LogP contribution in [0.25, 0.3) is 0 Å². The average molecular weight is 365 g/mol. The minimum absolute atomic E-state index is 0.294. The molecule has 0 aliphatic carbocycles. The van der Waals surface area contributed by atoms with Crippen molar-refractivity contribution >= 4 is 46.4 Å². The van der Waals surface area contributed by atoms with Crippen LogP contribution >= 0.6 is 23.2 Å². The number of para-hydroxylation sites is 1. The molecule has 0 radical (unpaired) electrons. The summed E-state index contributed by atoms with van der Waals surface area (Å²) in [6, 6.07) is 12.3. The average Bonchev–Trinajstić information content (AvgIpc) is 2.50. The molecule has 0 aromatic heterocycles. The summed E-state index contributed by atoms with van der Waals surface area (Å²) in [7, 11) is 0. The van der Waals surface area contributed by atoms with Crippen molar-refractivity contribution in [1.29, 1.82) is 0 Å². The maximum atomic E-state index is 12.5. The summed E-state index contributed by atoms with van der Waals surface area (Å²) in [6.45, 7) is 5.00. The highest BCUT2D eigenvalue weighted by Crippen LogP contribution is 2.31. The molecule has 2 N–H and O–H groups in total. The third kappa shape index (κ3) is 4.08. The van der Waals surface area contributed by atoms with Crippen molar-refractivity contribution in [2.24, 2.45) is 5.41 Å². The highest BCUT2D eigenvalue weighted by Gasteiger charge is 2.36. The molecule has 0 atom stereocenters. The number of amides is 2. The Balaban J connectivity index is 2.16. The van der Waals surface area contributed by atoms with E-state index in [2.05, 4.69) is 10.6 Å². The van der Waals surface area contributed by atoms with Crippen molar-refractivity contribution < 1.29 is 9.59 Å². The zero-order valence-electron chi connectivity index (χ0n) is 13.6. The molecule has 0 saturated carbocycles. The van der Waals surface area contributed by atoms with Gasteiger partial charge in [-0.1, -0.05) is 41.4 Å². The Hall–Kier alpha value is -2.04. The normalized spacial score (nSPS) is 11.0. The number of halogens is 2. The minimum Gasteiger partial charge on any atom is -0.325 e. The molecule has 2 amide bonds. The van der Waals surface area contributed by atoms with Gasteiger partial charge in [0.25, 0.3) is 0 Å². The Morgan fingerprint density at radius 1 is 0.917 bits per heavy atom. The number of benzene rings is 2. The van der Waals surface area contributed by atoms with Crippen LogP contribution in [0.3, 0.4) is 0 Å². The van der Waals surface area contributed by atoms with Gasteiger partial charge < -0.3 is 10.6 Å². The lowest BCUT2D eigenvalue weighted by Gasteiger charge is -2.23. The Labute approximate surface area is 151 Å². The lowest BCUT2D eigenvalue weighted by Crippen LogP contribution is -2.41. The number of hydrogen-bond donors (Lipinski definition) is 2. The first-order chi connectivity index (χ1) is 11.2. The van der Waals surface area contributed by atoms with E-state index in [0.717, 1.165) is 5.56 Å². The third-order valence-corrected chi connectivity index (χ3v) is 4.24. The monoisotopic (exact) mass is 364 g/mol. The summed E-state index contributed by atoms with van der Waals surface area (Å²) < 4.78 is 0. The SMILES string of the molecule is Cc1cccc(NC(=O)C(C)(C)C(=O)Nc2c(Cl)cccc2Cl)c1. The van der Waals surface area contributed by atoms with Gasteiger partial charge in [-0.05, 0) is 50.6 Å². The van der Waals surface area contributed by atoms with E-state index in [9.17, 15) is 9.59 Å². The van der Waals surface area contributed by atoms with Crippen LogP contribution in [0.5, 0.6) is 0 Å². The number of nitrogens with one attached hydrogen (secondary N) is 2. The van der Waals surface area contributed by atoms with Gasteiger partial charge in [-0.3, -0.25) is 9.59 Å². The molecule has 4 nitrogen and oxygen atoms in total. The molecule has 0 bridgehead atoms. The predicted octanol–water partition coefficient (Wildman–Crippen LogP) is 4.91. The maximum absolute atomic E-state index is 12.5. The Kier molecular flexibility index (Phi) is 5.52. The number of carbonyl (C=O) groups is 2. The van der Waals surface area contributed by atoms with E-state index in [0.29, 0.717) is 21.4 Å². The molecule has 2 aromatic rings. The first-order valence-corrected chi connectivity index (χ1v) is 8.11. The van der Waals surface area contributed by atoms with Crippen molar-refractivity contribution in [2.45, 2.75) is 20.8 Å². The molecule has 0 fully saturated rings. The largest absolute Gasteiger partial charge is 0.325 e. The molecule has 0 spiro atoms. The van der Waals surface area contributed by atoms with Crippen LogP contribution in [0.15, 0.2) is 42.5 Å². The number of carbonyl (C=O) groups excluding carboxylic acids is 2. The van der Waals surface area contributed by atoms with Crippen molar-refractivity contribution in [3.05, 3.63) is 58.1 Å². The summed E-state index contributed by atoms with van der Waals surface area (Å²) in [5.74, 6) is -0.920. The van der Waals surface area contributed by atoms with E-state index >= 15 is 0 Å².